The second-order valence-electron chi connectivity index (χ2n) is 5.66. The van der Waals surface area contributed by atoms with Crippen LogP contribution in [0.5, 0.6) is 5.75 Å². The fraction of sp³-hybridized carbons (Fsp3) is 0.533. The van der Waals surface area contributed by atoms with Gasteiger partial charge in [0, 0.05) is 12.6 Å². The third-order valence-electron chi connectivity index (χ3n) is 4.47. The summed E-state index contributed by atoms with van der Waals surface area (Å²) >= 11 is 9.42. The molecule has 1 atom stereocenters. The maximum atomic E-state index is 12.6. The van der Waals surface area contributed by atoms with Crippen LogP contribution in [0.2, 0.25) is 5.02 Å². The predicted octanol–water partition coefficient (Wildman–Crippen LogP) is 2.94. The van der Waals surface area contributed by atoms with Crippen molar-refractivity contribution in [3.8, 4) is 5.75 Å². The van der Waals surface area contributed by atoms with E-state index in [4.69, 9.17) is 16.3 Å². The average molecular weight is 374 g/mol. The van der Waals surface area contributed by atoms with Gasteiger partial charge in [0.1, 0.15) is 5.75 Å². The van der Waals surface area contributed by atoms with E-state index in [9.17, 15) is 4.79 Å². The van der Waals surface area contributed by atoms with Crippen LogP contribution in [0.15, 0.2) is 16.6 Å². The van der Waals surface area contributed by atoms with Crippen molar-refractivity contribution < 1.29 is 9.53 Å². The van der Waals surface area contributed by atoms with Crippen LogP contribution < -0.4 is 10.1 Å². The van der Waals surface area contributed by atoms with Crippen molar-refractivity contribution in [3.05, 3.63) is 27.2 Å². The number of amides is 1. The Morgan fingerprint density at radius 3 is 2.71 bits per heavy atom. The Morgan fingerprint density at radius 2 is 2.14 bits per heavy atom. The van der Waals surface area contributed by atoms with E-state index in [2.05, 4.69) is 26.1 Å². The molecule has 3 fully saturated rings. The van der Waals surface area contributed by atoms with Crippen LogP contribution >= 0.6 is 27.5 Å². The molecule has 1 N–H and O–H groups in total. The first-order chi connectivity index (χ1) is 10.1. The summed E-state index contributed by atoms with van der Waals surface area (Å²) in [5.41, 5.74) is 0.519. The molecule has 6 heteroatoms. The van der Waals surface area contributed by atoms with Crippen LogP contribution in [0.3, 0.4) is 0 Å². The number of halogens is 2. The van der Waals surface area contributed by atoms with Gasteiger partial charge in [-0.3, -0.25) is 4.79 Å². The number of hydrogen-bond donors (Lipinski definition) is 1. The van der Waals surface area contributed by atoms with E-state index in [1.54, 1.807) is 19.2 Å². The molecular formula is C15H18BrClN2O2. The maximum absolute atomic E-state index is 12.6. The average Bonchev–Trinajstić information content (AvgIpc) is 2.51. The highest BCUT2D eigenvalue weighted by Crippen LogP contribution is 2.35. The minimum Gasteiger partial charge on any atom is -0.495 e. The molecule has 3 aliphatic rings. The molecule has 2 bridgehead atoms. The molecule has 1 aromatic carbocycles. The normalized spacial score (nSPS) is 27.5. The molecule has 0 unspecified atom stereocenters. The summed E-state index contributed by atoms with van der Waals surface area (Å²) in [5, 5.41) is 3.70. The summed E-state index contributed by atoms with van der Waals surface area (Å²) in [6, 6.07) is 3.65. The molecule has 3 heterocycles. The predicted molar refractivity (Wildman–Crippen MR) is 86.1 cm³/mol. The summed E-state index contributed by atoms with van der Waals surface area (Å²) in [5.74, 6) is 0.991. The summed E-state index contributed by atoms with van der Waals surface area (Å²) < 4.78 is 5.95. The summed E-state index contributed by atoms with van der Waals surface area (Å²) in [6.45, 7) is 3.27. The Morgan fingerprint density at radius 1 is 1.43 bits per heavy atom. The number of piperidine rings is 3. The second-order valence-corrected chi connectivity index (χ2v) is 6.86. The Labute approximate surface area is 137 Å². The molecule has 4 nitrogen and oxygen atoms in total. The summed E-state index contributed by atoms with van der Waals surface area (Å²) in [6.07, 6.45) is 2.35. The quantitative estimate of drug-likeness (QED) is 0.886. The van der Waals surface area contributed by atoms with Crippen LogP contribution in [0.4, 0.5) is 0 Å². The number of carbonyl (C=O) groups is 1. The first kappa shape index (κ1) is 15.1. The zero-order valence-electron chi connectivity index (χ0n) is 11.9. The van der Waals surface area contributed by atoms with Crippen molar-refractivity contribution in [1.29, 1.82) is 0 Å². The van der Waals surface area contributed by atoms with Gasteiger partial charge in [-0.2, -0.15) is 0 Å². The zero-order chi connectivity index (χ0) is 15.0. The SMILES string of the molecule is COc1c(C(=O)N[C@@H]2CN3CCC2CC3)ccc(Cl)c1Br. The van der Waals surface area contributed by atoms with E-state index in [0.29, 0.717) is 26.7 Å². The summed E-state index contributed by atoms with van der Waals surface area (Å²) in [4.78, 5) is 15.0. The van der Waals surface area contributed by atoms with E-state index >= 15 is 0 Å². The Bertz CT molecular complexity index is 559. The summed E-state index contributed by atoms with van der Waals surface area (Å²) in [7, 11) is 1.54. The van der Waals surface area contributed by atoms with Crippen LogP contribution in [0.25, 0.3) is 0 Å². The van der Waals surface area contributed by atoms with Gasteiger partial charge in [0.25, 0.3) is 5.91 Å². The number of nitrogens with zero attached hydrogens (tertiary/aromatic N) is 1. The van der Waals surface area contributed by atoms with Crippen LogP contribution in [0.1, 0.15) is 23.2 Å². The topological polar surface area (TPSA) is 41.6 Å². The molecule has 0 aromatic heterocycles. The van der Waals surface area contributed by atoms with Gasteiger partial charge in [-0.05, 0) is 59.9 Å². The van der Waals surface area contributed by atoms with Crippen molar-refractivity contribution in [2.75, 3.05) is 26.7 Å². The molecule has 3 aliphatic heterocycles. The maximum Gasteiger partial charge on any atom is 0.255 e. The van der Waals surface area contributed by atoms with Gasteiger partial charge in [-0.15, -0.1) is 0 Å². The third-order valence-corrected chi connectivity index (χ3v) is 5.80. The lowest BCUT2D eigenvalue weighted by molar-refractivity contribution is 0.0619. The standard InChI is InChI=1S/C15H18BrClN2O2/c1-21-14-10(2-3-11(17)13(14)16)15(20)18-12-8-19-6-4-9(12)5-7-19/h2-3,9,12H,4-8H2,1H3,(H,18,20)/t12-/m1/s1. The lowest BCUT2D eigenvalue weighted by Gasteiger charge is -2.44. The monoisotopic (exact) mass is 372 g/mol. The number of nitrogens with one attached hydrogen (secondary N) is 1. The lowest BCUT2D eigenvalue weighted by Crippen LogP contribution is -2.57. The van der Waals surface area contributed by atoms with E-state index in [1.807, 2.05) is 0 Å². The van der Waals surface area contributed by atoms with Crippen molar-refractivity contribution in [3.63, 3.8) is 0 Å². The van der Waals surface area contributed by atoms with Crippen LogP contribution in [-0.2, 0) is 0 Å². The Hall–Kier alpha value is -0.780. The first-order valence-electron chi connectivity index (χ1n) is 7.15. The zero-order valence-corrected chi connectivity index (χ0v) is 14.2. The lowest BCUT2D eigenvalue weighted by atomic mass is 9.84. The molecule has 0 aliphatic carbocycles. The fourth-order valence-electron chi connectivity index (χ4n) is 3.29. The minimum atomic E-state index is -0.0945. The number of ether oxygens (including phenoxy) is 1. The van der Waals surface area contributed by atoms with E-state index in [-0.39, 0.29) is 11.9 Å². The molecule has 21 heavy (non-hydrogen) atoms. The second kappa shape index (κ2) is 6.15. The Kier molecular flexibility index (Phi) is 4.43. The van der Waals surface area contributed by atoms with E-state index < -0.39 is 0 Å². The van der Waals surface area contributed by atoms with Crippen LogP contribution in [-0.4, -0.2) is 43.6 Å². The molecule has 0 radical (unpaired) electrons. The first-order valence-corrected chi connectivity index (χ1v) is 8.32. The van der Waals surface area contributed by atoms with Gasteiger partial charge in [-0.25, -0.2) is 0 Å². The Balaban J connectivity index is 1.78. The van der Waals surface area contributed by atoms with Gasteiger partial charge in [0.05, 0.1) is 22.2 Å². The smallest absolute Gasteiger partial charge is 0.255 e. The highest BCUT2D eigenvalue weighted by Gasteiger charge is 2.35. The van der Waals surface area contributed by atoms with Crippen molar-refractivity contribution in [1.82, 2.24) is 10.2 Å². The van der Waals surface area contributed by atoms with Crippen molar-refractivity contribution >= 4 is 33.4 Å². The minimum absolute atomic E-state index is 0.0945. The van der Waals surface area contributed by atoms with Crippen molar-refractivity contribution in [2.45, 2.75) is 18.9 Å². The molecule has 1 amide bonds. The van der Waals surface area contributed by atoms with Gasteiger partial charge in [0.2, 0.25) is 0 Å². The van der Waals surface area contributed by atoms with Gasteiger partial charge in [-0.1, -0.05) is 11.6 Å². The fourth-order valence-corrected chi connectivity index (χ4v) is 3.94. The molecule has 4 rings (SSSR count). The molecular weight excluding hydrogens is 356 g/mol. The third kappa shape index (κ3) is 2.91. The number of benzene rings is 1. The highest BCUT2D eigenvalue weighted by molar-refractivity contribution is 9.10. The van der Waals surface area contributed by atoms with Gasteiger partial charge in [0.15, 0.2) is 0 Å². The molecule has 3 saturated heterocycles. The van der Waals surface area contributed by atoms with Gasteiger partial charge < -0.3 is 15.0 Å². The van der Waals surface area contributed by atoms with Crippen LogP contribution in [0, 0.1) is 5.92 Å². The largest absolute Gasteiger partial charge is 0.495 e. The van der Waals surface area contributed by atoms with Gasteiger partial charge >= 0.3 is 0 Å². The molecule has 0 saturated carbocycles. The number of hydrogen-bond acceptors (Lipinski definition) is 3. The van der Waals surface area contributed by atoms with E-state index in [0.717, 1.165) is 19.6 Å². The molecule has 1 aromatic rings. The number of methoxy groups -OCH3 is 1. The highest BCUT2D eigenvalue weighted by atomic mass is 79.9. The molecule has 114 valence electrons. The number of carbonyl (C=O) groups excluding carboxylic acids is 1. The number of rotatable bonds is 3. The van der Waals surface area contributed by atoms with E-state index in [1.165, 1.54) is 12.8 Å². The molecule has 0 spiro atoms. The van der Waals surface area contributed by atoms with Crippen molar-refractivity contribution in [2.24, 2.45) is 5.92 Å². The number of fused-ring (bicyclic) bond motifs is 3.